The second kappa shape index (κ2) is 6.48. The highest BCUT2D eigenvalue weighted by molar-refractivity contribution is 5.91. The van der Waals surface area contributed by atoms with Gasteiger partial charge in [0, 0.05) is 37.6 Å². The van der Waals surface area contributed by atoms with Crippen LogP contribution < -0.4 is 0 Å². The molecule has 3 heterocycles. The lowest BCUT2D eigenvalue weighted by molar-refractivity contribution is -0.125. The van der Waals surface area contributed by atoms with Crippen molar-refractivity contribution in [3.05, 3.63) is 66.3 Å². The molecule has 1 amide bonds. The van der Waals surface area contributed by atoms with Crippen LogP contribution in [0.3, 0.4) is 0 Å². The molecule has 4 aromatic rings. The minimum absolute atomic E-state index is 0.0799. The first kappa shape index (κ1) is 16.1. The molecule has 0 saturated heterocycles. The molecular formula is C20H19N5O. The molecule has 0 atom stereocenters. The van der Waals surface area contributed by atoms with Crippen LogP contribution in [0.2, 0.25) is 0 Å². The van der Waals surface area contributed by atoms with Crippen LogP contribution in [0.15, 0.2) is 54.7 Å². The lowest BCUT2D eigenvalue weighted by Crippen LogP contribution is -2.25. The lowest BCUT2D eigenvalue weighted by Gasteiger charge is -2.15. The third kappa shape index (κ3) is 2.97. The van der Waals surface area contributed by atoms with Crippen LogP contribution in [0, 0.1) is 0 Å². The first-order chi connectivity index (χ1) is 12.6. The second-order valence-corrected chi connectivity index (χ2v) is 6.28. The van der Waals surface area contributed by atoms with Gasteiger partial charge in [0.1, 0.15) is 5.82 Å². The number of rotatable bonds is 4. The van der Waals surface area contributed by atoms with E-state index >= 15 is 0 Å². The van der Waals surface area contributed by atoms with E-state index in [1.807, 2.05) is 31.3 Å². The smallest absolute Gasteiger partial charge is 0.246 e. The van der Waals surface area contributed by atoms with E-state index in [0.29, 0.717) is 18.0 Å². The summed E-state index contributed by atoms with van der Waals surface area (Å²) in [6.07, 6.45) is 4.90. The van der Waals surface area contributed by atoms with Crippen molar-refractivity contribution < 1.29 is 4.79 Å². The predicted molar refractivity (Wildman–Crippen MR) is 102 cm³/mol. The Balaban J connectivity index is 1.49. The summed E-state index contributed by atoms with van der Waals surface area (Å²) in [4.78, 5) is 25.8. The van der Waals surface area contributed by atoms with Crippen molar-refractivity contribution in [2.45, 2.75) is 6.54 Å². The Morgan fingerprint density at radius 2 is 2.12 bits per heavy atom. The first-order valence-electron chi connectivity index (χ1n) is 8.39. The summed E-state index contributed by atoms with van der Waals surface area (Å²) in [5.41, 5.74) is 3.74. The van der Waals surface area contributed by atoms with Gasteiger partial charge in [-0.1, -0.05) is 18.2 Å². The molecule has 0 aliphatic carbocycles. The molecule has 0 aliphatic heterocycles. The Morgan fingerprint density at radius 3 is 2.92 bits per heavy atom. The molecular weight excluding hydrogens is 326 g/mol. The van der Waals surface area contributed by atoms with Gasteiger partial charge in [-0.2, -0.15) is 0 Å². The SMILES string of the molecule is CN(Cc1cc2ccccc2n1C)C(=O)/C=C/c1nc2ncccc2[nH]1. The average molecular weight is 345 g/mol. The van der Waals surface area contributed by atoms with E-state index in [1.54, 1.807) is 24.2 Å². The van der Waals surface area contributed by atoms with Crippen LogP contribution in [-0.4, -0.2) is 37.4 Å². The molecule has 3 aromatic heterocycles. The van der Waals surface area contributed by atoms with Gasteiger partial charge in [-0.25, -0.2) is 9.97 Å². The molecule has 0 saturated carbocycles. The average Bonchev–Trinajstić information content (AvgIpc) is 3.21. The number of amides is 1. The molecule has 1 aromatic carbocycles. The largest absolute Gasteiger partial charge is 0.346 e. The summed E-state index contributed by atoms with van der Waals surface area (Å²) >= 11 is 0. The number of para-hydroxylation sites is 1. The number of pyridine rings is 1. The van der Waals surface area contributed by atoms with E-state index < -0.39 is 0 Å². The Labute approximate surface area is 150 Å². The number of H-pyrrole nitrogens is 1. The molecule has 0 bridgehead atoms. The number of nitrogens with zero attached hydrogens (tertiary/aromatic N) is 4. The lowest BCUT2D eigenvalue weighted by atomic mass is 10.2. The Bertz CT molecular complexity index is 1090. The van der Waals surface area contributed by atoms with E-state index in [9.17, 15) is 4.79 Å². The zero-order valence-corrected chi connectivity index (χ0v) is 14.7. The summed E-state index contributed by atoms with van der Waals surface area (Å²) < 4.78 is 2.12. The number of fused-ring (bicyclic) bond motifs is 2. The third-order valence-electron chi connectivity index (χ3n) is 4.49. The number of imidazole rings is 1. The van der Waals surface area contributed by atoms with Gasteiger partial charge in [-0.3, -0.25) is 4.79 Å². The van der Waals surface area contributed by atoms with Gasteiger partial charge in [0.2, 0.25) is 5.91 Å². The maximum Gasteiger partial charge on any atom is 0.246 e. The van der Waals surface area contributed by atoms with Crippen molar-refractivity contribution in [3.8, 4) is 0 Å². The third-order valence-corrected chi connectivity index (χ3v) is 4.49. The highest BCUT2D eigenvalue weighted by atomic mass is 16.2. The normalized spacial score (nSPS) is 11.6. The van der Waals surface area contributed by atoms with Gasteiger partial charge in [-0.15, -0.1) is 0 Å². The number of hydrogen-bond donors (Lipinski definition) is 1. The Morgan fingerprint density at radius 1 is 1.27 bits per heavy atom. The zero-order chi connectivity index (χ0) is 18.1. The second-order valence-electron chi connectivity index (χ2n) is 6.28. The Hall–Kier alpha value is -3.41. The molecule has 1 N–H and O–H groups in total. The number of likely N-dealkylation sites (N-methyl/N-ethyl adjacent to an activating group) is 1. The van der Waals surface area contributed by atoms with Crippen LogP contribution >= 0.6 is 0 Å². The number of carbonyl (C=O) groups is 1. The van der Waals surface area contributed by atoms with Crippen LogP contribution in [0.5, 0.6) is 0 Å². The predicted octanol–water partition coefficient (Wildman–Crippen LogP) is 3.12. The van der Waals surface area contributed by atoms with Gasteiger partial charge in [0.05, 0.1) is 12.1 Å². The van der Waals surface area contributed by atoms with Crippen molar-refractivity contribution in [1.82, 2.24) is 24.4 Å². The summed E-state index contributed by atoms with van der Waals surface area (Å²) in [6.45, 7) is 0.538. The van der Waals surface area contributed by atoms with E-state index in [2.05, 4.69) is 37.7 Å². The van der Waals surface area contributed by atoms with E-state index in [0.717, 1.165) is 16.7 Å². The number of hydrogen-bond acceptors (Lipinski definition) is 3. The number of aromatic nitrogens is 4. The van der Waals surface area contributed by atoms with Crippen molar-refractivity contribution >= 4 is 34.1 Å². The zero-order valence-electron chi connectivity index (χ0n) is 14.7. The van der Waals surface area contributed by atoms with Gasteiger partial charge in [0.25, 0.3) is 0 Å². The monoisotopic (exact) mass is 345 g/mol. The van der Waals surface area contributed by atoms with Crippen LogP contribution in [-0.2, 0) is 18.4 Å². The van der Waals surface area contributed by atoms with Gasteiger partial charge in [0.15, 0.2) is 5.65 Å². The van der Waals surface area contributed by atoms with Crippen molar-refractivity contribution in [2.75, 3.05) is 7.05 Å². The minimum Gasteiger partial charge on any atom is -0.346 e. The maximum atomic E-state index is 12.4. The molecule has 4 rings (SSSR count). The molecule has 130 valence electrons. The fourth-order valence-corrected chi connectivity index (χ4v) is 3.04. The quantitative estimate of drug-likeness (QED) is 0.578. The van der Waals surface area contributed by atoms with Crippen molar-refractivity contribution in [3.63, 3.8) is 0 Å². The molecule has 0 fully saturated rings. The summed E-state index contributed by atoms with van der Waals surface area (Å²) in [7, 11) is 3.82. The summed E-state index contributed by atoms with van der Waals surface area (Å²) in [6, 6.07) is 14.1. The molecule has 6 heteroatoms. The number of aromatic amines is 1. The van der Waals surface area contributed by atoms with E-state index in [4.69, 9.17) is 0 Å². The number of nitrogens with one attached hydrogen (secondary N) is 1. The Kier molecular flexibility index (Phi) is 4.01. The van der Waals surface area contributed by atoms with E-state index in [-0.39, 0.29) is 5.91 Å². The number of benzene rings is 1. The maximum absolute atomic E-state index is 12.4. The fourth-order valence-electron chi connectivity index (χ4n) is 3.04. The minimum atomic E-state index is -0.0799. The molecule has 0 spiro atoms. The highest BCUT2D eigenvalue weighted by Gasteiger charge is 2.11. The molecule has 6 nitrogen and oxygen atoms in total. The number of aryl methyl sites for hydroxylation is 1. The summed E-state index contributed by atoms with van der Waals surface area (Å²) in [5, 5.41) is 1.18. The van der Waals surface area contributed by atoms with Crippen LogP contribution in [0.1, 0.15) is 11.5 Å². The van der Waals surface area contributed by atoms with Gasteiger partial charge < -0.3 is 14.5 Å². The number of carbonyl (C=O) groups excluding carboxylic acids is 1. The van der Waals surface area contributed by atoms with E-state index in [1.165, 1.54) is 11.5 Å². The topological polar surface area (TPSA) is 66.8 Å². The van der Waals surface area contributed by atoms with Gasteiger partial charge >= 0.3 is 0 Å². The van der Waals surface area contributed by atoms with Crippen molar-refractivity contribution in [1.29, 1.82) is 0 Å². The molecule has 26 heavy (non-hydrogen) atoms. The fraction of sp³-hybridized carbons (Fsp3) is 0.150. The van der Waals surface area contributed by atoms with Crippen LogP contribution in [0.25, 0.3) is 28.1 Å². The van der Waals surface area contributed by atoms with Gasteiger partial charge in [-0.05, 0) is 35.7 Å². The van der Waals surface area contributed by atoms with Crippen molar-refractivity contribution in [2.24, 2.45) is 7.05 Å². The molecule has 0 radical (unpaired) electrons. The highest BCUT2D eigenvalue weighted by Crippen LogP contribution is 2.19. The van der Waals surface area contributed by atoms with Crippen LogP contribution in [0.4, 0.5) is 0 Å². The molecule has 0 unspecified atom stereocenters. The summed E-state index contributed by atoms with van der Waals surface area (Å²) in [5.74, 6) is 0.536. The standard InChI is InChI=1S/C20H19N5O/c1-24(13-15-12-14-6-3-4-8-17(14)25(15)2)19(26)10-9-18-22-16-7-5-11-21-20(16)23-18/h3-12H,13H2,1-2H3,(H,21,22,23)/b10-9+. The first-order valence-corrected chi connectivity index (χ1v) is 8.39. The molecule has 0 aliphatic rings.